The number of H-pyrrole nitrogens is 1. The Morgan fingerprint density at radius 1 is 1.17 bits per heavy atom. The van der Waals surface area contributed by atoms with Crippen LogP contribution in [-0.4, -0.2) is 45.6 Å². The molecule has 2 heterocycles. The van der Waals surface area contributed by atoms with E-state index in [4.69, 9.17) is 0 Å². The summed E-state index contributed by atoms with van der Waals surface area (Å²) < 4.78 is 0. The van der Waals surface area contributed by atoms with Crippen LogP contribution in [0.2, 0.25) is 0 Å². The number of aromatic amines is 1. The van der Waals surface area contributed by atoms with Gasteiger partial charge in [-0.25, -0.2) is 9.97 Å². The van der Waals surface area contributed by atoms with Crippen LogP contribution in [0.3, 0.4) is 0 Å². The van der Waals surface area contributed by atoms with E-state index in [0.717, 1.165) is 11.1 Å². The van der Waals surface area contributed by atoms with Crippen LogP contribution in [0.5, 0.6) is 0 Å². The second-order valence-corrected chi connectivity index (χ2v) is 8.23. The maximum atomic E-state index is 12.7. The van der Waals surface area contributed by atoms with Gasteiger partial charge in [-0.05, 0) is 11.6 Å². The third-order valence-electron chi connectivity index (χ3n) is 4.58. The number of amides is 1. The molecule has 0 saturated carbocycles. The first kappa shape index (κ1) is 20.9. The quantitative estimate of drug-likeness (QED) is 0.406. The summed E-state index contributed by atoms with van der Waals surface area (Å²) in [7, 11) is 3.20. The molecule has 2 aromatic heterocycles. The number of Topliss-reactive ketones (excluding diaryl/α,β-unsaturated/α-hetero) is 1. The van der Waals surface area contributed by atoms with Gasteiger partial charge in [0.1, 0.15) is 17.2 Å². The van der Waals surface area contributed by atoms with E-state index in [2.05, 4.69) is 15.0 Å². The predicted molar refractivity (Wildman–Crippen MR) is 115 cm³/mol. The number of hydrogen-bond donors (Lipinski definition) is 1. The van der Waals surface area contributed by atoms with Crippen molar-refractivity contribution in [3.63, 3.8) is 0 Å². The van der Waals surface area contributed by atoms with Crippen molar-refractivity contribution < 1.29 is 9.59 Å². The normalized spacial score (nSPS) is 11.9. The van der Waals surface area contributed by atoms with Crippen molar-refractivity contribution in [2.24, 2.45) is 5.41 Å². The molecule has 0 aliphatic heterocycles. The van der Waals surface area contributed by atoms with Crippen LogP contribution < -0.4 is 0 Å². The number of nitrogens with one attached hydrogen (secondary N) is 1. The Hall–Kier alpha value is -3.79. The highest BCUT2D eigenvalue weighted by Gasteiger charge is 2.26. The Balaban J connectivity index is 1.96. The molecule has 0 aliphatic rings. The van der Waals surface area contributed by atoms with Crippen LogP contribution in [0.25, 0.3) is 28.5 Å². The van der Waals surface area contributed by atoms with Gasteiger partial charge in [-0.3, -0.25) is 9.59 Å². The highest BCUT2D eigenvalue weighted by atomic mass is 16.2. The van der Waals surface area contributed by atoms with E-state index in [1.54, 1.807) is 44.7 Å². The molecule has 0 unspecified atom stereocenters. The minimum absolute atomic E-state index is 0.00437. The van der Waals surface area contributed by atoms with Gasteiger partial charge in [0, 0.05) is 31.3 Å². The number of rotatable bonds is 4. The average Bonchev–Trinajstić information content (AvgIpc) is 3.13. The molecule has 0 spiro atoms. The van der Waals surface area contributed by atoms with Crippen LogP contribution >= 0.6 is 0 Å². The molecular weight excluding hydrogens is 378 g/mol. The molecule has 1 aromatic carbocycles. The van der Waals surface area contributed by atoms with Crippen molar-refractivity contribution in [3.8, 4) is 17.3 Å². The molecule has 7 nitrogen and oxygen atoms in total. The largest absolute Gasteiger partial charge is 0.344 e. The van der Waals surface area contributed by atoms with Crippen molar-refractivity contribution in [2.45, 2.75) is 20.8 Å². The Kier molecular flexibility index (Phi) is 5.52. The first-order valence-corrected chi connectivity index (χ1v) is 9.44. The second-order valence-electron chi connectivity index (χ2n) is 8.23. The lowest BCUT2D eigenvalue weighted by Crippen LogP contribution is -2.22. The third-order valence-corrected chi connectivity index (χ3v) is 4.58. The lowest BCUT2D eigenvalue weighted by molar-refractivity contribution is -0.124. The molecule has 1 N–H and O–H groups in total. The Morgan fingerprint density at radius 2 is 1.83 bits per heavy atom. The lowest BCUT2D eigenvalue weighted by atomic mass is 9.87. The Bertz CT molecular complexity index is 1190. The number of likely N-dealkylation sites (N-methyl/N-ethyl adjacent to an activating group) is 1. The van der Waals surface area contributed by atoms with Crippen molar-refractivity contribution >= 4 is 28.9 Å². The van der Waals surface area contributed by atoms with Crippen molar-refractivity contribution in [1.82, 2.24) is 19.9 Å². The lowest BCUT2D eigenvalue weighted by Gasteiger charge is -2.15. The molecule has 7 heteroatoms. The maximum absolute atomic E-state index is 12.7. The number of ketones is 1. The van der Waals surface area contributed by atoms with Gasteiger partial charge in [0.15, 0.2) is 11.4 Å². The summed E-state index contributed by atoms with van der Waals surface area (Å²) in [4.78, 5) is 38.1. The highest BCUT2D eigenvalue weighted by Crippen LogP contribution is 2.27. The SMILES string of the molecule is CN(C)C(=O)/C(C#N)=C/c1ccc(-c2cnc3[nH]cc(C(=O)C(C)(C)C)c3n2)cc1. The fraction of sp³-hybridized carbons (Fsp3) is 0.261. The number of nitriles is 1. The number of hydrogen-bond acceptors (Lipinski definition) is 5. The molecule has 30 heavy (non-hydrogen) atoms. The van der Waals surface area contributed by atoms with Gasteiger partial charge >= 0.3 is 0 Å². The molecule has 0 bridgehead atoms. The van der Waals surface area contributed by atoms with E-state index in [1.165, 1.54) is 4.90 Å². The maximum Gasteiger partial charge on any atom is 0.264 e. The van der Waals surface area contributed by atoms with E-state index >= 15 is 0 Å². The number of fused-ring (bicyclic) bond motifs is 1. The van der Waals surface area contributed by atoms with Gasteiger partial charge in [-0.1, -0.05) is 45.0 Å². The monoisotopic (exact) mass is 401 g/mol. The van der Waals surface area contributed by atoms with Gasteiger partial charge in [0.05, 0.1) is 17.5 Å². The summed E-state index contributed by atoms with van der Waals surface area (Å²) in [6, 6.07) is 9.23. The topological polar surface area (TPSA) is 103 Å². The molecule has 0 fully saturated rings. The molecule has 152 valence electrons. The fourth-order valence-electron chi connectivity index (χ4n) is 2.91. The second kappa shape index (κ2) is 7.91. The molecule has 3 rings (SSSR count). The zero-order chi connectivity index (χ0) is 22.1. The number of aromatic nitrogens is 3. The van der Waals surface area contributed by atoms with E-state index < -0.39 is 5.41 Å². The first-order valence-electron chi connectivity index (χ1n) is 9.44. The van der Waals surface area contributed by atoms with Crippen LogP contribution in [0.4, 0.5) is 0 Å². The van der Waals surface area contributed by atoms with Gasteiger partial charge in [0.2, 0.25) is 0 Å². The average molecular weight is 401 g/mol. The minimum Gasteiger partial charge on any atom is -0.344 e. The van der Waals surface area contributed by atoms with Crippen molar-refractivity contribution in [1.29, 1.82) is 5.26 Å². The molecule has 3 aromatic rings. The minimum atomic E-state index is -0.525. The third kappa shape index (κ3) is 4.13. The Morgan fingerprint density at radius 3 is 2.40 bits per heavy atom. The summed E-state index contributed by atoms with van der Waals surface area (Å²) in [6.07, 6.45) is 4.85. The number of benzene rings is 1. The number of carbonyl (C=O) groups excluding carboxylic acids is 2. The van der Waals surface area contributed by atoms with Crippen molar-refractivity contribution in [3.05, 3.63) is 53.4 Å². The zero-order valence-electron chi connectivity index (χ0n) is 17.6. The van der Waals surface area contributed by atoms with E-state index in [1.807, 2.05) is 39.0 Å². The van der Waals surface area contributed by atoms with Crippen LogP contribution in [0, 0.1) is 16.7 Å². The fourth-order valence-corrected chi connectivity index (χ4v) is 2.91. The first-order chi connectivity index (χ1) is 14.1. The van der Waals surface area contributed by atoms with Crippen LogP contribution in [0.15, 0.2) is 42.2 Å². The molecular formula is C23H23N5O2. The predicted octanol–water partition coefficient (Wildman–Crippen LogP) is 3.85. The summed E-state index contributed by atoms with van der Waals surface area (Å²) >= 11 is 0. The van der Waals surface area contributed by atoms with Gasteiger partial charge in [-0.2, -0.15) is 5.26 Å². The standard InChI is InChI=1S/C23H23N5O2/c1-23(2,3)20(29)17-12-25-21-19(17)27-18(13-26-21)15-8-6-14(7-9-15)10-16(11-24)22(30)28(4)5/h6-10,12-13H,1-5H3,(H,25,26)/b16-10+. The Labute approximate surface area is 175 Å². The number of nitrogens with zero attached hydrogens (tertiary/aromatic N) is 4. The summed E-state index contributed by atoms with van der Waals surface area (Å²) in [6.45, 7) is 5.61. The molecule has 1 amide bonds. The molecule has 0 saturated heterocycles. The summed E-state index contributed by atoms with van der Waals surface area (Å²) in [5.41, 5.74) is 3.33. The van der Waals surface area contributed by atoms with Gasteiger partial charge in [-0.15, -0.1) is 0 Å². The zero-order valence-corrected chi connectivity index (χ0v) is 17.6. The molecule has 0 atom stereocenters. The van der Waals surface area contributed by atoms with Gasteiger partial charge in [0.25, 0.3) is 5.91 Å². The summed E-state index contributed by atoms with van der Waals surface area (Å²) in [5.74, 6) is -0.350. The van der Waals surface area contributed by atoms with Gasteiger partial charge < -0.3 is 9.88 Å². The molecule has 0 radical (unpaired) electrons. The van der Waals surface area contributed by atoms with Crippen LogP contribution in [0.1, 0.15) is 36.7 Å². The van der Waals surface area contributed by atoms with E-state index in [0.29, 0.717) is 22.4 Å². The van der Waals surface area contributed by atoms with E-state index in [9.17, 15) is 14.9 Å². The number of carbonyl (C=O) groups is 2. The van der Waals surface area contributed by atoms with Crippen molar-refractivity contribution in [2.75, 3.05) is 14.1 Å². The molecule has 0 aliphatic carbocycles. The van der Waals surface area contributed by atoms with Crippen LogP contribution in [-0.2, 0) is 4.79 Å². The smallest absolute Gasteiger partial charge is 0.264 e. The summed E-state index contributed by atoms with van der Waals surface area (Å²) in [5, 5.41) is 9.23. The van der Waals surface area contributed by atoms with E-state index in [-0.39, 0.29) is 17.3 Å². The highest BCUT2D eigenvalue weighted by molar-refractivity contribution is 6.08.